The van der Waals surface area contributed by atoms with Crippen LogP contribution in [-0.2, 0) is 8.85 Å². The van der Waals surface area contributed by atoms with Crippen LogP contribution in [-0.4, -0.2) is 34.9 Å². The molecule has 0 aliphatic carbocycles. The van der Waals surface area contributed by atoms with E-state index in [-0.39, 0.29) is 0 Å². The SMILES string of the molecule is CCO[Si]1(C)CC(C)CNCCO1. The van der Waals surface area contributed by atoms with Gasteiger partial charge in [0.15, 0.2) is 0 Å². The molecule has 1 rings (SSSR count). The van der Waals surface area contributed by atoms with Crippen LogP contribution in [0.4, 0.5) is 0 Å². The summed E-state index contributed by atoms with van der Waals surface area (Å²) in [5.74, 6) is 0.670. The first-order valence-electron chi connectivity index (χ1n) is 5.15. The molecule has 0 aromatic heterocycles. The number of rotatable bonds is 2. The fourth-order valence-corrected chi connectivity index (χ4v) is 4.73. The molecule has 3 nitrogen and oxygen atoms in total. The summed E-state index contributed by atoms with van der Waals surface area (Å²) < 4.78 is 11.6. The molecule has 1 aliphatic rings. The fraction of sp³-hybridized carbons (Fsp3) is 1.00. The first kappa shape index (κ1) is 11.2. The third-order valence-corrected chi connectivity index (χ3v) is 5.50. The summed E-state index contributed by atoms with van der Waals surface area (Å²) in [7, 11) is -1.82. The van der Waals surface area contributed by atoms with Gasteiger partial charge in [-0.15, -0.1) is 0 Å². The summed E-state index contributed by atoms with van der Waals surface area (Å²) in [6, 6.07) is 1.10. The molecule has 0 saturated carbocycles. The summed E-state index contributed by atoms with van der Waals surface area (Å²) in [6.07, 6.45) is 0. The first-order chi connectivity index (χ1) is 6.16. The van der Waals surface area contributed by atoms with E-state index >= 15 is 0 Å². The Balaban J connectivity index is 2.48. The lowest BCUT2D eigenvalue weighted by atomic mass is 10.2. The fourth-order valence-electron chi connectivity index (χ4n) is 1.86. The van der Waals surface area contributed by atoms with Crippen molar-refractivity contribution >= 4 is 8.56 Å². The van der Waals surface area contributed by atoms with E-state index in [1.165, 1.54) is 0 Å². The van der Waals surface area contributed by atoms with E-state index in [2.05, 4.69) is 18.8 Å². The molecular weight excluding hydrogens is 182 g/mol. The highest BCUT2D eigenvalue weighted by Crippen LogP contribution is 2.20. The van der Waals surface area contributed by atoms with Gasteiger partial charge < -0.3 is 14.2 Å². The molecule has 0 spiro atoms. The molecule has 2 unspecified atom stereocenters. The van der Waals surface area contributed by atoms with Crippen molar-refractivity contribution in [2.45, 2.75) is 26.4 Å². The largest absolute Gasteiger partial charge is 0.395 e. The van der Waals surface area contributed by atoms with Crippen molar-refractivity contribution in [3.63, 3.8) is 0 Å². The molecular formula is C9H21NO2Si. The zero-order valence-electron chi connectivity index (χ0n) is 8.93. The van der Waals surface area contributed by atoms with Crippen molar-refractivity contribution in [3.05, 3.63) is 0 Å². The molecule has 1 aliphatic heterocycles. The van der Waals surface area contributed by atoms with Gasteiger partial charge in [-0.05, 0) is 32.0 Å². The molecule has 0 aromatic rings. The monoisotopic (exact) mass is 203 g/mol. The first-order valence-corrected chi connectivity index (χ1v) is 7.67. The van der Waals surface area contributed by atoms with Crippen molar-refractivity contribution < 1.29 is 8.85 Å². The predicted molar refractivity (Wildman–Crippen MR) is 56.0 cm³/mol. The number of hydrogen-bond acceptors (Lipinski definition) is 3. The smallest absolute Gasteiger partial charge is 0.335 e. The highest BCUT2D eigenvalue weighted by molar-refractivity contribution is 6.66. The van der Waals surface area contributed by atoms with Crippen LogP contribution in [0.3, 0.4) is 0 Å². The van der Waals surface area contributed by atoms with Crippen LogP contribution >= 0.6 is 0 Å². The molecule has 2 atom stereocenters. The lowest BCUT2D eigenvalue weighted by Crippen LogP contribution is -2.45. The third-order valence-electron chi connectivity index (χ3n) is 2.35. The maximum absolute atomic E-state index is 5.84. The van der Waals surface area contributed by atoms with Gasteiger partial charge in [0.05, 0.1) is 0 Å². The Morgan fingerprint density at radius 2 is 2.38 bits per heavy atom. The second-order valence-corrected chi connectivity index (χ2v) is 7.18. The van der Waals surface area contributed by atoms with E-state index in [0.717, 1.165) is 32.3 Å². The summed E-state index contributed by atoms with van der Waals surface area (Å²) in [5, 5.41) is 3.36. The zero-order chi connectivity index (χ0) is 9.73. The Labute approximate surface area is 82.1 Å². The second-order valence-electron chi connectivity index (χ2n) is 3.93. The molecule has 1 fully saturated rings. The van der Waals surface area contributed by atoms with Crippen molar-refractivity contribution in [3.8, 4) is 0 Å². The summed E-state index contributed by atoms with van der Waals surface area (Å²) in [5.41, 5.74) is 0. The Morgan fingerprint density at radius 1 is 1.62 bits per heavy atom. The van der Waals surface area contributed by atoms with Gasteiger partial charge in [-0.25, -0.2) is 0 Å². The Hall–Kier alpha value is 0.0969. The topological polar surface area (TPSA) is 30.5 Å². The minimum atomic E-state index is -1.82. The van der Waals surface area contributed by atoms with Crippen LogP contribution in [0.2, 0.25) is 12.6 Å². The van der Waals surface area contributed by atoms with Crippen LogP contribution < -0.4 is 5.32 Å². The predicted octanol–water partition coefficient (Wildman–Crippen LogP) is 1.35. The van der Waals surface area contributed by atoms with Gasteiger partial charge in [-0.2, -0.15) is 0 Å². The van der Waals surface area contributed by atoms with Crippen molar-refractivity contribution in [2.24, 2.45) is 5.92 Å². The maximum atomic E-state index is 5.84. The lowest BCUT2D eigenvalue weighted by molar-refractivity contribution is 0.168. The van der Waals surface area contributed by atoms with Gasteiger partial charge >= 0.3 is 8.56 Å². The van der Waals surface area contributed by atoms with Gasteiger partial charge in [0, 0.05) is 19.8 Å². The number of hydrogen-bond donors (Lipinski definition) is 1. The third kappa shape index (κ3) is 3.77. The van der Waals surface area contributed by atoms with Crippen LogP contribution in [0, 0.1) is 5.92 Å². The Bertz CT molecular complexity index is 157. The maximum Gasteiger partial charge on any atom is 0.335 e. The van der Waals surface area contributed by atoms with Crippen molar-refractivity contribution in [1.29, 1.82) is 0 Å². The highest BCUT2D eigenvalue weighted by atomic mass is 28.4. The standard InChI is InChI=1S/C9H21NO2Si/c1-4-11-13(3)8-9(2)7-10-5-6-12-13/h9-10H,4-8H2,1-3H3. The molecule has 78 valence electrons. The minimum absolute atomic E-state index is 0.670. The summed E-state index contributed by atoms with van der Waals surface area (Å²) in [6.45, 7) is 10.1. The van der Waals surface area contributed by atoms with Crippen molar-refractivity contribution in [1.82, 2.24) is 5.32 Å². The Kier molecular flexibility index (Phi) is 4.38. The highest BCUT2D eigenvalue weighted by Gasteiger charge is 2.33. The summed E-state index contributed by atoms with van der Waals surface area (Å²) >= 11 is 0. The zero-order valence-corrected chi connectivity index (χ0v) is 9.93. The molecule has 1 N–H and O–H groups in total. The van der Waals surface area contributed by atoms with E-state index < -0.39 is 8.56 Å². The molecule has 4 heteroatoms. The Morgan fingerprint density at radius 3 is 3.08 bits per heavy atom. The van der Waals surface area contributed by atoms with E-state index in [4.69, 9.17) is 8.85 Å². The van der Waals surface area contributed by atoms with E-state index in [9.17, 15) is 0 Å². The molecule has 13 heavy (non-hydrogen) atoms. The normalized spacial score (nSPS) is 36.7. The van der Waals surface area contributed by atoms with E-state index in [1.54, 1.807) is 0 Å². The molecule has 1 saturated heterocycles. The molecule has 1 heterocycles. The minimum Gasteiger partial charge on any atom is -0.395 e. The van der Waals surface area contributed by atoms with Gasteiger partial charge in [0.2, 0.25) is 0 Å². The van der Waals surface area contributed by atoms with Crippen LogP contribution in [0.5, 0.6) is 0 Å². The van der Waals surface area contributed by atoms with Crippen LogP contribution in [0.15, 0.2) is 0 Å². The van der Waals surface area contributed by atoms with E-state index in [0.29, 0.717) is 5.92 Å². The average molecular weight is 203 g/mol. The van der Waals surface area contributed by atoms with Crippen molar-refractivity contribution in [2.75, 3.05) is 26.3 Å². The van der Waals surface area contributed by atoms with Gasteiger partial charge in [0.1, 0.15) is 0 Å². The van der Waals surface area contributed by atoms with Gasteiger partial charge in [-0.1, -0.05) is 6.92 Å². The van der Waals surface area contributed by atoms with Gasteiger partial charge in [0.25, 0.3) is 0 Å². The molecule has 0 amide bonds. The van der Waals surface area contributed by atoms with Crippen LogP contribution in [0.1, 0.15) is 13.8 Å². The quantitative estimate of drug-likeness (QED) is 0.687. The van der Waals surface area contributed by atoms with Crippen LogP contribution in [0.25, 0.3) is 0 Å². The van der Waals surface area contributed by atoms with E-state index in [1.807, 2.05) is 6.92 Å². The number of nitrogens with one attached hydrogen (secondary N) is 1. The second kappa shape index (κ2) is 5.10. The summed E-state index contributed by atoms with van der Waals surface area (Å²) in [4.78, 5) is 0. The molecule has 0 aromatic carbocycles. The molecule has 0 radical (unpaired) electrons. The van der Waals surface area contributed by atoms with Gasteiger partial charge in [-0.3, -0.25) is 0 Å². The lowest BCUT2D eigenvalue weighted by Gasteiger charge is -2.31. The average Bonchev–Trinajstić information content (AvgIpc) is 2.01. The molecule has 0 bridgehead atoms.